The van der Waals surface area contributed by atoms with Gasteiger partial charge in [0, 0.05) is 106 Å². The van der Waals surface area contributed by atoms with Crippen molar-refractivity contribution in [3.8, 4) is 21.0 Å². The number of fused-ring (bicyclic) bond motifs is 6. The van der Waals surface area contributed by atoms with Gasteiger partial charge in [0.15, 0.2) is 0 Å². The monoisotopic (exact) mass is 1150 g/mol. The molecule has 6 nitrogen and oxygen atoms in total. The Morgan fingerprint density at radius 2 is 1.03 bits per heavy atom. The zero-order valence-electron chi connectivity index (χ0n) is 49.0. The molecule has 0 saturated heterocycles. The van der Waals surface area contributed by atoms with Gasteiger partial charge in [-0.25, -0.2) is 9.97 Å². The number of benzene rings is 2. The van der Waals surface area contributed by atoms with Crippen LogP contribution in [0, 0.1) is 0 Å². The summed E-state index contributed by atoms with van der Waals surface area (Å²) in [4.78, 5) is 22.9. The first-order chi connectivity index (χ1) is 36.4. The van der Waals surface area contributed by atoms with Crippen LogP contribution in [0.2, 0.25) is 0 Å². The summed E-state index contributed by atoms with van der Waals surface area (Å²) in [5.41, 5.74) is 11.0. The number of hydrogen-bond acceptors (Lipinski definition) is 12. The topological polar surface area (TPSA) is 77.3 Å². The van der Waals surface area contributed by atoms with Crippen molar-refractivity contribution in [1.82, 2.24) is 28.7 Å². The molecule has 0 atom stereocenters. The molecule has 4 aliphatic rings. The molecule has 0 saturated carbocycles. The lowest BCUT2D eigenvalue weighted by Crippen LogP contribution is -2.12. The molecule has 8 aromatic rings. The fourth-order valence-electron chi connectivity index (χ4n) is 7.69. The van der Waals surface area contributed by atoms with Crippen molar-refractivity contribution in [2.45, 2.75) is 157 Å². The Morgan fingerprint density at radius 3 is 1.68 bits per heavy atom. The van der Waals surface area contributed by atoms with Gasteiger partial charge >= 0.3 is 0 Å². The third-order valence-electron chi connectivity index (χ3n) is 12.8. The lowest BCUT2D eigenvalue weighted by atomic mass is 9.87. The van der Waals surface area contributed by atoms with Crippen LogP contribution in [0.15, 0.2) is 143 Å². The van der Waals surface area contributed by atoms with Crippen molar-refractivity contribution in [3.05, 3.63) is 176 Å². The minimum Gasteiger partial charge on any atom is -0.263 e. The van der Waals surface area contributed by atoms with Gasteiger partial charge in [-0.15, -0.1) is 45.3 Å². The van der Waals surface area contributed by atoms with Crippen LogP contribution >= 0.6 is 68.4 Å². The summed E-state index contributed by atoms with van der Waals surface area (Å²) in [6.45, 7) is 39.9. The minimum atomic E-state index is 0.149. The van der Waals surface area contributed by atoms with Gasteiger partial charge in [-0.1, -0.05) is 173 Å². The van der Waals surface area contributed by atoms with Crippen LogP contribution in [0.5, 0.6) is 0 Å². The van der Waals surface area contributed by atoms with Gasteiger partial charge in [-0.3, -0.25) is 9.97 Å². The van der Waals surface area contributed by atoms with Crippen molar-refractivity contribution >= 4 is 111 Å². The van der Waals surface area contributed by atoms with Gasteiger partial charge in [0.25, 0.3) is 0 Å². The highest BCUT2D eigenvalue weighted by atomic mass is 32.1. The van der Waals surface area contributed by atoms with E-state index in [0.717, 1.165) is 20.9 Å². The molecule has 0 aliphatic carbocycles. The first-order valence-electron chi connectivity index (χ1n) is 26.5. The number of hydrogen-bond donors (Lipinski definition) is 0. The maximum absolute atomic E-state index is 4.62. The van der Waals surface area contributed by atoms with Gasteiger partial charge in [0.1, 0.15) is 9.84 Å². The molecule has 0 spiro atoms. The highest BCUT2D eigenvalue weighted by molar-refractivity contribution is 7.17. The standard InChI is InChI=1S/6C11H13NS/c1-11(2,3)9-5-4-8-7-13-12-10(8)6-9;1-11(2,3)9-5-4-8-7-12-13-10(8)6-9;1-11(2,3)10-5-4-8-6-13-7-9(8)12-10;1-11(2,3)10-5-4-8-6-12-7-9(8)13-10;1-11(2,3)9-5-4-8-6-7-13-10(8)12-9;1-11(2,3)9-5-4-8-6-7-12-10(8)13-9/h6*4-7H,1-3H3. The molecule has 10 heterocycles. The maximum atomic E-state index is 4.62. The smallest absolute Gasteiger partial charge is 0.123 e. The van der Waals surface area contributed by atoms with E-state index in [0.29, 0.717) is 0 Å². The molecule has 12 heteroatoms. The van der Waals surface area contributed by atoms with E-state index in [1.807, 2.05) is 36.1 Å². The van der Waals surface area contributed by atoms with Gasteiger partial charge in [-0.05, 0) is 110 Å². The molecule has 0 radical (unpaired) electrons. The molecule has 0 unspecified atom stereocenters. The van der Waals surface area contributed by atoms with E-state index < -0.39 is 0 Å². The van der Waals surface area contributed by atoms with Crippen LogP contribution in [0.25, 0.3) is 63.1 Å². The average Bonchev–Trinajstić information content (AvgIpc) is 4.23. The quantitative estimate of drug-likeness (QED) is 0.151. The fraction of sp³-hybridized carbons (Fsp3) is 0.364. The average molecular weight is 1150 g/mol. The summed E-state index contributed by atoms with van der Waals surface area (Å²) in [6.07, 6.45) is 7.65. The Labute approximate surface area is 489 Å². The molecule has 12 rings (SSSR count). The van der Waals surface area contributed by atoms with Crippen LogP contribution in [0.4, 0.5) is 0 Å². The van der Waals surface area contributed by atoms with Gasteiger partial charge in [0.05, 0.1) is 20.6 Å². The van der Waals surface area contributed by atoms with Crippen LogP contribution < -0.4 is 0 Å². The number of pyridine rings is 2. The predicted octanol–water partition coefficient (Wildman–Crippen LogP) is 21.5. The molecular weight excluding hydrogens is 1070 g/mol. The Kier molecular flexibility index (Phi) is 19.0. The van der Waals surface area contributed by atoms with Crippen molar-refractivity contribution in [2.24, 2.45) is 0 Å². The van der Waals surface area contributed by atoms with E-state index >= 15 is 0 Å². The summed E-state index contributed by atoms with van der Waals surface area (Å²) in [7, 11) is 0. The normalized spacial score (nSPS) is 12.2. The SMILES string of the molecule is CC(C)(C)c1ccc2ccnc-2s1.CC(C)(C)c1ccc2ccsc2n1.CC(C)(C)c1ccc2cncc-2s1.CC(C)(C)c1ccc2cnsc2c1.CC(C)(C)c1ccc2cscc2n1.CC(C)(C)c1ccc2csnc2c1. The number of nitrogens with zero attached hydrogens (tertiary/aromatic N) is 6. The first kappa shape index (κ1) is 60.3. The minimum absolute atomic E-state index is 0.149. The number of rotatable bonds is 0. The van der Waals surface area contributed by atoms with Crippen LogP contribution in [-0.2, 0) is 32.5 Å². The summed E-state index contributed by atoms with van der Waals surface area (Å²) in [5.74, 6) is 0. The van der Waals surface area contributed by atoms with E-state index in [1.165, 1.54) is 86.1 Å². The van der Waals surface area contributed by atoms with E-state index in [1.54, 1.807) is 45.5 Å². The van der Waals surface area contributed by atoms with Crippen LogP contribution in [-0.4, -0.2) is 28.7 Å². The van der Waals surface area contributed by atoms with Crippen molar-refractivity contribution < 1.29 is 0 Å². The van der Waals surface area contributed by atoms with E-state index in [-0.39, 0.29) is 32.5 Å². The zero-order chi connectivity index (χ0) is 56.8. The lowest BCUT2D eigenvalue weighted by molar-refractivity contribution is 0.571. The molecule has 0 N–H and O–H groups in total. The van der Waals surface area contributed by atoms with Crippen molar-refractivity contribution in [2.75, 3.05) is 0 Å². The summed E-state index contributed by atoms with van der Waals surface area (Å²) in [6, 6.07) is 34.5. The predicted molar refractivity (Wildman–Crippen MR) is 348 cm³/mol. The Balaban J connectivity index is 0.000000136. The van der Waals surface area contributed by atoms with Gasteiger partial charge in [-0.2, -0.15) is 8.75 Å². The molecular formula is C66H78N6S6. The van der Waals surface area contributed by atoms with Gasteiger partial charge in [0.2, 0.25) is 0 Å². The first-order valence-corrected chi connectivity index (χ1v) is 31.6. The molecule has 6 aromatic heterocycles. The molecule has 0 fully saturated rings. The third kappa shape index (κ3) is 16.4. The molecule has 4 aliphatic heterocycles. The highest BCUT2D eigenvalue weighted by Crippen LogP contribution is 2.36. The third-order valence-corrected chi connectivity index (χ3v) is 18.8. The summed E-state index contributed by atoms with van der Waals surface area (Å²) in [5, 5.41) is 14.5. The van der Waals surface area contributed by atoms with E-state index in [9.17, 15) is 0 Å². The molecule has 2 aromatic carbocycles. The van der Waals surface area contributed by atoms with Crippen molar-refractivity contribution in [3.63, 3.8) is 0 Å². The second-order valence-electron chi connectivity index (χ2n) is 25.8. The van der Waals surface area contributed by atoms with E-state index in [4.69, 9.17) is 0 Å². The Morgan fingerprint density at radius 1 is 0.436 bits per heavy atom. The second-order valence-corrected chi connectivity index (χ2v) is 31.0. The fourth-order valence-corrected chi connectivity index (χ4v) is 12.6. The number of aromatic nitrogens is 6. The molecule has 0 bridgehead atoms. The zero-order valence-corrected chi connectivity index (χ0v) is 53.9. The molecule has 408 valence electrons. The highest BCUT2D eigenvalue weighted by Gasteiger charge is 2.20. The van der Waals surface area contributed by atoms with Crippen LogP contribution in [0.3, 0.4) is 0 Å². The maximum Gasteiger partial charge on any atom is 0.123 e. The lowest BCUT2D eigenvalue weighted by Gasteiger charge is -2.18. The Bertz CT molecular complexity index is 3270. The van der Waals surface area contributed by atoms with Gasteiger partial charge < -0.3 is 0 Å². The molecule has 78 heavy (non-hydrogen) atoms. The van der Waals surface area contributed by atoms with Crippen molar-refractivity contribution in [1.29, 1.82) is 0 Å². The molecule has 0 amide bonds. The number of thiophene rings is 2. The Hall–Kier alpha value is -5.34. The summed E-state index contributed by atoms with van der Waals surface area (Å²) < 4.78 is 9.79. The largest absolute Gasteiger partial charge is 0.263 e. The summed E-state index contributed by atoms with van der Waals surface area (Å²) >= 11 is 10.1. The van der Waals surface area contributed by atoms with Crippen LogP contribution in [0.1, 0.15) is 157 Å². The second kappa shape index (κ2) is 24.6. The van der Waals surface area contributed by atoms with E-state index in [2.05, 4.69) is 272 Å².